The molecule has 0 aliphatic carbocycles. The van der Waals surface area contributed by atoms with Crippen LogP contribution in [0.3, 0.4) is 0 Å². The highest BCUT2D eigenvalue weighted by atomic mass is 16.3. The van der Waals surface area contributed by atoms with Gasteiger partial charge in [0, 0.05) is 0 Å². The van der Waals surface area contributed by atoms with Gasteiger partial charge >= 0.3 is 6.03 Å². The molecule has 4 amide bonds. The summed E-state index contributed by atoms with van der Waals surface area (Å²) in [5.74, 6) is -1.30. The number of phenols is 1. The monoisotopic (exact) mass is 260 g/mol. The minimum atomic E-state index is -0.829. The van der Waals surface area contributed by atoms with Crippen LogP contribution in [0.4, 0.5) is 4.79 Å². The van der Waals surface area contributed by atoms with Gasteiger partial charge in [0.15, 0.2) is 0 Å². The highest BCUT2D eigenvalue weighted by Crippen LogP contribution is 2.24. The van der Waals surface area contributed by atoms with Crippen LogP contribution in [-0.2, 0) is 9.59 Å². The second-order valence-electron chi connectivity index (χ2n) is 4.30. The summed E-state index contributed by atoms with van der Waals surface area (Å²) in [4.78, 5) is 34.0. The first-order chi connectivity index (χ1) is 8.88. The van der Waals surface area contributed by atoms with Gasteiger partial charge in [-0.05, 0) is 48.7 Å². The van der Waals surface area contributed by atoms with Gasteiger partial charge in [-0.1, -0.05) is 0 Å². The third-order valence-electron chi connectivity index (χ3n) is 2.77. The minimum absolute atomic E-state index is 0.149. The van der Waals surface area contributed by atoms with Gasteiger partial charge in [-0.2, -0.15) is 0 Å². The summed E-state index contributed by atoms with van der Waals surface area (Å²) in [6.07, 6.45) is 1.37. The molecule has 1 fully saturated rings. The number of barbiturate groups is 1. The predicted octanol–water partition coefficient (Wildman–Crippen LogP) is 0.758. The van der Waals surface area contributed by atoms with E-state index < -0.39 is 17.8 Å². The largest absolute Gasteiger partial charge is 0.507 e. The Morgan fingerprint density at radius 1 is 1.00 bits per heavy atom. The molecular formula is C13H12N2O4. The number of benzene rings is 1. The van der Waals surface area contributed by atoms with Gasteiger partial charge in [0.05, 0.1) is 0 Å². The topological polar surface area (TPSA) is 95.5 Å². The van der Waals surface area contributed by atoms with Crippen molar-refractivity contribution in [2.45, 2.75) is 13.8 Å². The first-order valence-electron chi connectivity index (χ1n) is 5.57. The van der Waals surface area contributed by atoms with Crippen molar-refractivity contribution in [1.29, 1.82) is 0 Å². The third kappa shape index (κ3) is 2.47. The first-order valence-corrected chi connectivity index (χ1v) is 5.57. The molecule has 6 nitrogen and oxygen atoms in total. The van der Waals surface area contributed by atoms with Gasteiger partial charge in [0.2, 0.25) is 0 Å². The van der Waals surface area contributed by atoms with E-state index in [4.69, 9.17) is 0 Å². The second kappa shape index (κ2) is 4.56. The SMILES string of the molecule is Cc1cc(C=C2C(=O)NC(=O)NC2=O)cc(C)c1O. The smallest absolute Gasteiger partial charge is 0.328 e. The van der Waals surface area contributed by atoms with Crippen molar-refractivity contribution >= 4 is 23.9 Å². The number of rotatable bonds is 1. The molecule has 0 aromatic heterocycles. The lowest BCUT2D eigenvalue weighted by Crippen LogP contribution is -2.51. The number of nitrogens with one attached hydrogen (secondary N) is 2. The second-order valence-corrected chi connectivity index (χ2v) is 4.30. The zero-order valence-corrected chi connectivity index (χ0v) is 10.4. The van der Waals surface area contributed by atoms with Gasteiger partial charge in [0.1, 0.15) is 11.3 Å². The number of aryl methyl sites for hydroxylation is 2. The standard InChI is InChI=1S/C13H12N2O4/c1-6-3-8(4-7(2)10(6)16)5-9-11(17)14-13(19)15-12(9)18/h3-5,16H,1-2H3,(H2,14,15,17,18,19). The van der Waals surface area contributed by atoms with Crippen molar-refractivity contribution < 1.29 is 19.5 Å². The maximum absolute atomic E-state index is 11.5. The molecule has 19 heavy (non-hydrogen) atoms. The lowest BCUT2D eigenvalue weighted by atomic mass is 10.0. The predicted molar refractivity (Wildman–Crippen MR) is 67.2 cm³/mol. The maximum atomic E-state index is 11.5. The zero-order chi connectivity index (χ0) is 14.2. The van der Waals surface area contributed by atoms with Crippen LogP contribution >= 0.6 is 0 Å². The quantitative estimate of drug-likeness (QED) is 0.513. The lowest BCUT2D eigenvalue weighted by Gasteiger charge is -2.14. The van der Waals surface area contributed by atoms with E-state index in [-0.39, 0.29) is 11.3 Å². The molecular weight excluding hydrogens is 248 g/mol. The summed E-state index contributed by atoms with van der Waals surface area (Å²) >= 11 is 0. The highest BCUT2D eigenvalue weighted by molar-refractivity contribution is 6.31. The summed E-state index contributed by atoms with van der Waals surface area (Å²) in [7, 11) is 0. The maximum Gasteiger partial charge on any atom is 0.328 e. The summed E-state index contributed by atoms with van der Waals surface area (Å²) < 4.78 is 0. The molecule has 0 unspecified atom stereocenters. The molecule has 1 saturated heterocycles. The fourth-order valence-electron chi connectivity index (χ4n) is 1.85. The Bertz CT molecular complexity index is 587. The summed E-state index contributed by atoms with van der Waals surface area (Å²) in [6, 6.07) is 2.46. The van der Waals surface area contributed by atoms with E-state index in [1.54, 1.807) is 26.0 Å². The van der Waals surface area contributed by atoms with Crippen LogP contribution in [0, 0.1) is 13.8 Å². The molecule has 1 aromatic rings. The van der Waals surface area contributed by atoms with Crippen molar-refractivity contribution in [3.05, 3.63) is 34.4 Å². The number of imide groups is 2. The minimum Gasteiger partial charge on any atom is -0.507 e. The van der Waals surface area contributed by atoms with Crippen molar-refractivity contribution in [2.75, 3.05) is 0 Å². The van der Waals surface area contributed by atoms with Crippen molar-refractivity contribution in [3.63, 3.8) is 0 Å². The molecule has 0 bridgehead atoms. The highest BCUT2D eigenvalue weighted by Gasteiger charge is 2.27. The first kappa shape index (κ1) is 12.8. The van der Waals surface area contributed by atoms with Gasteiger partial charge in [-0.15, -0.1) is 0 Å². The van der Waals surface area contributed by atoms with E-state index in [0.29, 0.717) is 16.7 Å². The fourth-order valence-corrected chi connectivity index (χ4v) is 1.85. The van der Waals surface area contributed by atoms with Crippen molar-refractivity contribution in [3.8, 4) is 5.75 Å². The summed E-state index contributed by atoms with van der Waals surface area (Å²) in [6.45, 7) is 3.43. The lowest BCUT2D eigenvalue weighted by molar-refractivity contribution is -0.123. The third-order valence-corrected chi connectivity index (χ3v) is 2.77. The number of phenolic OH excluding ortho intramolecular Hbond substituents is 1. The van der Waals surface area contributed by atoms with Gasteiger partial charge in [-0.3, -0.25) is 20.2 Å². The Morgan fingerprint density at radius 3 is 1.95 bits per heavy atom. The molecule has 1 heterocycles. The van der Waals surface area contributed by atoms with Crippen LogP contribution in [0.25, 0.3) is 6.08 Å². The van der Waals surface area contributed by atoms with Crippen LogP contribution < -0.4 is 10.6 Å². The van der Waals surface area contributed by atoms with Crippen molar-refractivity contribution in [1.82, 2.24) is 10.6 Å². The Labute approximate surface area is 109 Å². The van der Waals surface area contributed by atoms with Gasteiger partial charge < -0.3 is 5.11 Å². The summed E-state index contributed by atoms with van der Waals surface area (Å²) in [5.41, 5.74) is 1.73. The van der Waals surface area contributed by atoms with E-state index >= 15 is 0 Å². The Morgan fingerprint density at radius 2 is 1.47 bits per heavy atom. The number of carbonyl (C=O) groups excluding carboxylic acids is 3. The molecule has 0 atom stereocenters. The normalized spacial score (nSPS) is 15.1. The molecule has 1 aromatic carbocycles. The van der Waals surface area contributed by atoms with Crippen LogP contribution in [-0.4, -0.2) is 23.0 Å². The average molecular weight is 260 g/mol. The summed E-state index contributed by atoms with van der Waals surface area (Å²) in [5, 5.41) is 13.6. The average Bonchev–Trinajstić information content (AvgIpc) is 2.30. The molecule has 98 valence electrons. The fraction of sp³-hybridized carbons (Fsp3) is 0.154. The van der Waals surface area contributed by atoms with Gasteiger partial charge in [-0.25, -0.2) is 4.79 Å². The van der Waals surface area contributed by atoms with Crippen molar-refractivity contribution in [2.24, 2.45) is 0 Å². The molecule has 6 heteroatoms. The van der Waals surface area contributed by atoms with Crippen LogP contribution in [0.15, 0.2) is 17.7 Å². The van der Waals surface area contributed by atoms with E-state index in [1.807, 2.05) is 10.6 Å². The zero-order valence-electron chi connectivity index (χ0n) is 10.4. The van der Waals surface area contributed by atoms with Crippen LogP contribution in [0.5, 0.6) is 5.75 Å². The van der Waals surface area contributed by atoms with E-state index in [2.05, 4.69) is 0 Å². The number of amides is 4. The molecule has 2 rings (SSSR count). The van der Waals surface area contributed by atoms with Crippen LogP contribution in [0.2, 0.25) is 0 Å². The molecule has 0 radical (unpaired) electrons. The molecule has 1 aliphatic rings. The molecule has 3 N–H and O–H groups in total. The Balaban J connectivity index is 2.43. The Hall–Kier alpha value is -2.63. The van der Waals surface area contributed by atoms with E-state index in [0.717, 1.165) is 0 Å². The number of carbonyl (C=O) groups is 3. The number of urea groups is 1. The Kier molecular flexibility index (Phi) is 3.08. The molecule has 1 aliphatic heterocycles. The molecule has 0 spiro atoms. The number of hydrogen-bond donors (Lipinski definition) is 3. The van der Waals surface area contributed by atoms with Crippen LogP contribution in [0.1, 0.15) is 16.7 Å². The van der Waals surface area contributed by atoms with E-state index in [9.17, 15) is 19.5 Å². The number of hydrogen-bond acceptors (Lipinski definition) is 4. The van der Waals surface area contributed by atoms with Gasteiger partial charge in [0.25, 0.3) is 11.8 Å². The van der Waals surface area contributed by atoms with E-state index in [1.165, 1.54) is 6.08 Å². The molecule has 0 saturated carbocycles. The number of aromatic hydroxyl groups is 1.